The highest BCUT2D eigenvalue weighted by molar-refractivity contribution is 5.84. The maximum atomic E-state index is 4.49. The van der Waals surface area contributed by atoms with Crippen LogP contribution < -0.4 is 15.3 Å². The summed E-state index contributed by atoms with van der Waals surface area (Å²) in [5, 5.41) is 1.82. The Labute approximate surface area is 100 Å². The molecule has 0 aliphatic carbocycles. The quantitative estimate of drug-likeness (QED) is 0.756. The van der Waals surface area contributed by atoms with E-state index in [1.807, 2.05) is 49.7 Å². The molecule has 7 nitrogen and oxygen atoms in total. The Kier molecular flexibility index (Phi) is 2.84. The molecule has 0 atom stereocenters. The summed E-state index contributed by atoms with van der Waals surface area (Å²) in [7, 11) is 9.49. The van der Waals surface area contributed by atoms with Crippen LogP contribution in [0.15, 0.2) is 6.33 Å². The number of aromatic nitrogens is 4. The van der Waals surface area contributed by atoms with Gasteiger partial charge in [0.15, 0.2) is 17.0 Å². The lowest BCUT2D eigenvalue weighted by Crippen LogP contribution is -2.32. The van der Waals surface area contributed by atoms with Gasteiger partial charge in [-0.25, -0.2) is 10.4 Å². The molecular formula is C10H17N7. The lowest BCUT2D eigenvalue weighted by atomic mass is 10.4. The molecule has 92 valence electrons. The van der Waals surface area contributed by atoms with Gasteiger partial charge in [0, 0.05) is 35.2 Å². The number of nitrogens with zero attached hydrogens (tertiary/aromatic N) is 6. The zero-order valence-electron chi connectivity index (χ0n) is 10.8. The highest BCUT2D eigenvalue weighted by atomic mass is 15.5. The molecule has 0 aliphatic heterocycles. The number of nitrogens with one attached hydrogen (secondary N) is 1. The maximum absolute atomic E-state index is 4.49. The lowest BCUT2D eigenvalue weighted by Gasteiger charge is -2.19. The van der Waals surface area contributed by atoms with Crippen LogP contribution in [0.25, 0.3) is 11.2 Å². The summed E-state index contributed by atoms with van der Waals surface area (Å²) in [5.41, 5.74) is 4.63. The number of fused-ring (bicyclic) bond motifs is 1. The summed E-state index contributed by atoms with van der Waals surface area (Å²) in [6.07, 6.45) is 1.74. The molecule has 0 fully saturated rings. The van der Waals surface area contributed by atoms with E-state index < -0.39 is 0 Å². The second-order valence-corrected chi connectivity index (χ2v) is 4.05. The topological polar surface area (TPSA) is 62.1 Å². The van der Waals surface area contributed by atoms with Gasteiger partial charge in [-0.3, -0.25) is 5.01 Å². The minimum atomic E-state index is 0.665. The van der Waals surface area contributed by atoms with E-state index in [1.165, 1.54) is 0 Å². The van der Waals surface area contributed by atoms with Crippen LogP contribution in [0.5, 0.6) is 0 Å². The lowest BCUT2D eigenvalue weighted by molar-refractivity contribution is 0.775. The van der Waals surface area contributed by atoms with Gasteiger partial charge < -0.3 is 9.47 Å². The van der Waals surface area contributed by atoms with Gasteiger partial charge in [0.2, 0.25) is 5.95 Å². The smallest absolute Gasteiger partial charge is 0.228 e. The third-order valence-corrected chi connectivity index (χ3v) is 2.58. The summed E-state index contributed by atoms with van der Waals surface area (Å²) >= 11 is 0. The van der Waals surface area contributed by atoms with Gasteiger partial charge in [-0.05, 0) is 0 Å². The van der Waals surface area contributed by atoms with Crippen molar-refractivity contribution in [1.29, 1.82) is 0 Å². The third-order valence-electron chi connectivity index (χ3n) is 2.58. The molecule has 0 aromatic carbocycles. The van der Waals surface area contributed by atoms with Crippen molar-refractivity contribution in [1.82, 2.24) is 24.9 Å². The van der Waals surface area contributed by atoms with Crippen molar-refractivity contribution >= 4 is 22.9 Å². The second-order valence-electron chi connectivity index (χ2n) is 4.05. The molecule has 2 aromatic rings. The number of anilines is 2. The Hall–Kier alpha value is -1.89. The van der Waals surface area contributed by atoms with Crippen molar-refractivity contribution in [2.24, 2.45) is 7.05 Å². The van der Waals surface area contributed by atoms with Crippen molar-refractivity contribution in [2.75, 3.05) is 38.1 Å². The van der Waals surface area contributed by atoms with Gasteiger partial charge in [0.25, 0.3) is 0 Å². The highest BCUT2D eigenvalue weighted by Crippen LogP contribution is 2.22. The normalized spacial score (nSPS) is 10.9. The minimum Gasteiger partial charge on any atom is -0.347 e. The van der Waals surface area contributed by atoms with Crippen molar-refractivity contribution in [3.63, 3.8) is 0 Å². The molecule has 1 N–H and O–H groups in total. The number of aryl methyl sites for hydroxylation is 1. The average molecular weight is 235 g/mol. The molecule has 0 saturated heterocycles. The predicted octanol–water partition coefficient (Wildman–Crippen LogP) is -0.000100. The second kappa shape index (κ2) is 4.17. The Morgan fingerprint density at radius 3 is 2.53 bits per heavy atom. The predicted molar refractivity (Wildman–Crippen MR) is 68.1 cm³/mol. The average Bonchev–Trinajstić information content (AvgIpc) is 2.69. The third kappa shape index (κ3) is 1.89. The zero-order chi connectivity index (χ0) is 12.6. The molecule has 2 rings (SSSR count). The first-order chi connectivity index (χ1) is 8.04. The zero-order valence-corrected chi connectivity index (χ0v) is 10.8. The first-order valence-electron chi connectivity index (χ1n) is 5.32. The fraction of sp³-hybridized carbons (Fsp3) is 0.500. The number of rotatable bonds is 3. The Morgan fingerprint density at radius 2 is 1.94 bits per heavy atom. The molecular weight excluding hydrogens is 218 g/mol. The summed E-state index contributed by atoms with van der Waals surface area (Å²) < 4.78 is 1.89. The summed E-state index contributed by atoms with van der Waals surface area (Å²) in [6, 6.07) is 0. The summed E-state index contributed by atoms with van der Waals surface area (Å²) in [6.45, 7) is 0. The molecule has 0 radical (unpaired) electrons. The van der Waals surface area contributed by atoms with Crippen LogP contribution in [0.3, 0.4) is 0 Å². The van der Waals surface area contributed by atoms with E-state index in [4.69, 9.17) is 0 Å². The van der Waals surface area contributed by atoms with E-state index >= 15 is 0 Å². The molecule has 17 heavy (non-hydrogen) atoms. The SMILES string of the molecule is CNN(C)c1nc(N(C)C)nc2c1ncn2C. The Balaban J connectivity index is 2.70. The Morgan fingerprint density at radius 1 is 1.24 bits per heavy atom. The first kappa shape index (κ1) is 11.6. The Bertz CT molecular complexity index is 531. The molecule has 0 bridgehead atoms. The van der Waals surface area contributed by atoms with Crippen molar-refractivity contribution in [3.05, 3.63) is 6.33 Å². The number of hydrogen-bond donors (Lipinski definition) is 1. The van der Waals surface area contributed by atoms with E-state index in [2.05, 4.69) is 20.4 Å². The van der Waals surface area contributed by atoms with E-state index in [0.29, 0.717) is 5.95 Å². The number of hydrogen-bond acceptors (Lipinski definition) is 6. The van der Waals surface area contributed by atoms with Crippen LogP contribution in [0, 0.1) is 0 Å². The fourth-order valence-electron chi connectivity index (χ4n) is 1.52. The van der Waals surface area contributed by atoms with Gasteiger partial charge in [-0.15, -0.1) is 0 Å². The molecule has 0 aliphatic rings. The van der Waals surface area contributed by atoms with Gasteiger partial charge in [0.1, 0.15) is 0 Å². The highest BCUT2D eigenvalue weighted by Gasteiger charge is 2.15. The van der Waals surface area contributed by atoms with Crippen LogP contribution in [0.2, 0.25) is 0 Å². The van der Waals surface area contributed by atoms with Crippen LogP contribution in [0.4, 0.5) is 11.8 Å². The van der Waals surface area contributed by atoms with E-state index in [1.54, 1.807) is 6.33 Å². The van der Waals surface area contributed by atoms with E-state index in [9.17, 15) is 0 Å². The monoisotopic (exact) mass is 235 g/mol. The number of hydrazine groups is 1. The largest absolute Gasteiger partial charge is 0.347 e. The summed E-state index contributed by atoms with van der Waals surface area (Å²) in [4.78, 5) is 15.2. The van der Waals surface area contributed by atoms with Crippen molar-refractivity contribution < 1.29 is 0 Å². The molecule has 2 aromatic heterocycles. The van der Waals surface area contributed by atoms with Crippen LogP contribution in [0.1, 0.15) is 0 Å². The molecule has 0 saturated carbocycles. The van der Waals surface area contributed by atoms with E-state index in [-0.39, 0.29) is 0 Å². The molecule has 0 spiro atoms. The van der Waals surface area contributed by atoms with Crippen LogP contribution in [-0.4, -0.2) is 47.7 Å². The van der Waals surface area contributed by atoms with Gasteiger partial charge in [-0.2, -0.15) is 9.97 Å². The van der Waals surface area contributed by atoms with E-state index in [0.717, 1.165) is 17.0 Å². The fourth-order valence-corrected chi connectivity index (χ4v) is 1.52. The molecule has 2 heterocycles. The standard InChI is InChI=1S/C10H17N7/c1-11-17(5)9-7-8(16(4)6-12-7)13-10(14-9)15(2)3/h6,11H,1-5H3. The summed E-state index contributed by atoms with van der Waals surface area (Å²) in [5.74, 6) is 1.43. The molecule has 0 amide bonds. The van der Waals surface area contributed by atoms with Crippen molar-refractivity contribution in [3.8, 4) is 0 Å². The molecule has 7 heteroatoms. The van der Waals surface area contributed by atoms with Gasteiger partial charge in [0.05, 0.1) is 6.33 Å². The number of imidazole rings is 1. The van der Waals surface area contributed by atoms with Crippen molar-refractivity contribution in [2.45, 2.75) is 0 Å². The van der Waals surface area contributed by atoms with Gasteiger partial charge >= 0.3 is 0 Å². The van der Waals surface area contributed by atoms with Crippen LogP contribution >= 0.6 is 0 Å². The molecule has 0 unspecified atom stereocenters. The first-order valence-corrected chi connectivity index (χ1v) is 5.32. The van der Waals surface area contributed by atoms with Gasteiger partial charge in [-0.1, -0.05) is 0 Å². The van der Waals surface area contributed by atoms with Crippen LogP contribution in [-0.2, 0) is 7.05 Å². The minimum absolute atomic E-state index is 0.665. The maximum Gasteiger partial charge on any atom is 0.228 e.